The summed E-state index contributed by atoms with van der Waals surface area (Å²) in [5.74, 6) is -1.05. The lowest BCUT2D eigenvalue weighted by Gasteiger charge is -2.13. The number of H-pyrrole nitrogens is 1. The number of hydrogen-bond donors (Lipinski definition) is 5. The summed E-state index contributed by atoms with van der Waals surface area (Å²) in [5, 5.41) is 40.0. The van der Waals surface area contributed by atoms with Crippen molar-refractivity contribution in [3.8, 4) is 28.6 Å². The second-order valence-corrected chi connectivity index (χ2v) is 11.1. The van der Waals surface area contributed by atoms with Crippen molar-refractivity contribution >= 4 is 39.4 Å². The number of aromatic amines is 1. The predicted molar refractivity (Wildman–Crippen MR) is 176 cm³/mol. The number of nitrogens with zero attached hydrogens (tertiary/aromatic N) is 4. The van der Waals surface area contributed by atoms with Crippen LogP contribution in [0.3, 0.4) is 0 Å². The first kappa shape index (κ1) is 31.5. The van der Waals surface area contributed by atoms with E-state index in [0.717, 1.165) is 28.2 Å². The Morgan fingerprint density at radius 3 is 2.46 bits per heavy atom. The molecule has 0 atom stereocenters. The standard InChI is InChI=1S/C30H26N6O4.C4H8O2/c1-16(2)20-14-21(27(38)15-26(20)37)28-33-34-30(40)36(28)18-8-9-24-17(12-18)13-25(35(24)3)29(39)32-23-10-11-31-22-7-5-4-6-19(22)23;1-2-3-4(5)6/h4-16,37-38H,1-3H3,(H,34,40)(H,31,32,39);2-3H2,1H3,(H,5,6). The number of aromatic nitrogens is 5. The maximum Gasteiger partial charge on any atom is 0.348 e. The van der Waals surface area contributed by atoms with Gasteiger partial charge in [-0.1, -0.05) is 39.0 Å². The molecule has 12 heteroatoms. The quantitative estimate of drug-likeness (QED) is 0.146. The largest absolute Gasteiger partial charge is 0.508 e. The number of carboxylic acid groups (broad SMARTS) is 1. The maximum absolute atomic E-state index is 13.3. The molecular weight excluding hydrogens is 588 g/mol. The topological polar surface area (TPSA) is 175 Å². The lowest BCUT2D eigenvalue weighted by molar-refractivity contribution is -0.137. The number of fused-ring (bicyclic) bond motifs is 2. The van der Waals surface area contributed by atoms with Crippen molar-refractivity contribution in [3.63, 3.8) is 0 Å². The second-order valence-electron chi connectivity index (χ2n) is 11.1. The van der Waals surface area contributed by atoms with Crippen LogP contribution in [0, 0.1) is 0 Å². The van der Waals surface area contributed by atoms with Gasteiger partial charge in [0.25, 0.3) is 5.91 Å². The molecule has 0 aliphatic heterocycles. The van der Waals surface area contributed by atoms with Crippen molar-refractivity contribution in [1.29, 1.82) is 0 Å². The number of phenols is 2. The van der Waals surface area contributed by atoms with E-state index in [0.29, 0.717) is 34.6 Å². The van der Waals surface area contributed by atoms with Gasteiger partial charge in [0, 0.05) is 42.0 Å². The van der Waals surface area contributed by atoms with Crippen molar-refractivity contribution in [3.05, 3.63) is 94.7 Å². The Morgan fingerprint density at radius 2 is 1.76 bits per heavy atom. The van der Waals surface area contributed by atoms with Gasteiger partial charge >= 0.3 is 11.7 Å². The van der Waals surface area contributed by atoms with Crippen LogP contribution in [0.5, 0.6) is 11.5 Å². The van der Waals surface area contributed by atoms with Crippen LogP contribution in [0.1, 0.15) is 55.6 Å². The number of nitrogens with one attached hydrogen (secondary N) is 2. The zero-order valence-electron chi connectivity index (χ0n) is 25.8. The minimum Gasteiger partial charge on any atom is -0.508 e. The summed E-state index contributed by atoms with van der Waals surface area (Å²) in [7, 11) is 1.80. The summed E-state index contributed by atoms with van der Waals surface area (Å²) in [5.41, 5.74) is 3.59. The van der Waals surface area contributed by atoms with Gasteiger partial charge in [-0.2, -0.15) is 5.10 Å². The van der Waals surface area contributed by atoms with Crippen LogP contribution in [-0.2, 0) is 11.8 Å². The first-order chi connectivity index (χ1) is 22.0. The van der Waals surface area contributed by atoms with Crippen LogP contribution in [0.4, 0.5) is 5.69 Å². The van der Waals surface area contributed by atoms with E-state index in [1.807, 2.05) is 51.1 Å². The van der Waals surface area contributed by atoms with Gasteiger partial charge in [-0.05, 0) is 60.4 Å². The number of aliphatic carboxylic acids is 1. The number of para-hydroxylation sites is 1. The summed E-state index contributed by atoms with van der Waals surface area (Å²) in [4.78, 5) is 40.2. The Hall–Kier alpha value is -5.91. The summed E-state index contributed by atoms with van der Waals surface area (Å²) in [6, 6.07) is 19.4. The van der Waals surface area contributed by atoms with Gasteiger partial charge in [0.05, 0.1) is 22.5 Å². The summed E-state index contributed by atoms with van der Waals surface area (Å²) in [6.45, 7) is 5.68. The van der Waals surface area contributed by atoms with E-state index in [1.54, 1.807) is 48.1 Å². The molecule has 236 valence electrons. The van der Waals surface area contributed by atoms with Crippen molar-refractivity contribution in [2.45, 2.75) is 39.5 Å². The third-order valence-corrected chi connectivity index (χ3v) is 7.56. The molecule has 0 saturated heterocycles. The number of carbonyl (C=O) groups excluding carboxylic acids is 1. The molecule has 0 aliphatic carbocycles. The molecule has 0 aliphatic rings. The van der Waals surface area contributed by atoms with Crippen molar-refractivity contribution in [2.75, 3.05) is 5.32 Å². The molecule has 6 rings (SSSR count). The molecular formula is C34H34N6O6. The van der Waals surface area contributed by atoms with Gasteiger partial charge in [0.1, 0.15) is 17.2 Å². The Balaban J connectivity index is 0.000000635. The van der Waals surface area contributed by atoms with E-state index in [9.17, 15) is 24.6 Å². The first-order valence-electron chi connectivity index (χ1n) is 14.7. The van der Waals surface area contributed by atoms with Gasteiger partial charge in [-0.25, -0.2) is 14.5 Å². The minimum absolute atomic E-state index is 0.0196. The van der Waals surface area contributed by atoms with Crippen molar-refractivity contribution in [2.24, 2.45) is 7.05 Å². The zero-order chi connectivity index (χ0) is 33.1. The maximum atomic E-state index is 13.3. The van der Waals surface area contributed by atoms with Gasteiger partial charge in [0.2, 0.25) is 0 Å². The van der Waals surface area contributed by atoms with Crippen LogP contribution in [0.15, 0.2) is 77.7 Å². The highest BCUT2D eigenvalue weighted by atomic mass is 16.4. The Kier molecular flexibility index (Phi) is 8.89. The van der Waals surface area contributed by atoms with E-state index in [1.165, 1.54) is 10.6 Å². The zero-order valence-corrected chi connectivity index (χ0v) is 25.8. The molecule has 5 N–H and O–H groups in total. The monoisotopic (exact) mass is 622 g/mol. The van der Waals surface area contributed by atoms with E-state index in [4.69, 9.17) is 5.11 Å². The highest BCUT2D eigenvalue weighted by molar-refractivity contribution is 6.10. The SMILES string of the molecule is CC(C)c1cc(-c2n[nH]c(=O)n2-c2ccc3c(c2)cc(C(=O)Nc2ccnc4ccccc24)n3C)c(O)cc1O.CCCC(=O)O. The lowest BCUT2D eigenvalue weighted by Crippen LogP contribution is -2.16. The average molecular weight is 623 g/mol. The van der Waals surface area contributed by atoms with E-state index < -0.39 is 11.7 Å². The summed E-state index contributed by atoms with van der Waals surface area (Å²) in [6.07, 6.45) is 2.68. The fourth-order valence-electron chi connectivity index (χ4n) is 5.25. The molecule has 46 heavy (non-hydrogen) atoms. The van der Waals surface area contributed by atoms with E-state index >= 15 is 0 Å². The van der Waals surface area contributed by atoms with Crippen molar-refractivity contribution in [1.82, 2.24) is 24.3 Å². The number of amides is 1. The molecule has 0 spiro atoms. The first-order valence-corrected chi connectivity index (χ1v) is 14.7. The Morgan fingerprint density at radius 1 is 1.00 bits per heavy atom. The van der Waals surface area contributed by atoms with Crippen LogP contribution in [0.2, 0.25) is 0 Å². The molecule has 3 aromatic heterocycles. The third-order valence-electron chi connectivity index (χ3n) is 7.56. The average Bonchev–Trinajstić information content (AvgIpc) is 3.56. The van der Waals surface area contributed by atoms with Gasteiger partial charge in [-0.3, -0.25) is 14.6 Å². The van der Waals surface area contributed by atoms with Gasteiger partial charge in [0.15, 0.2) is 5.82 Å². The van der Waals surface area contributed by atoms with E-state index in [2.05, 4.69) is 20.5 Å². The number of rotatable bonds is 7. The van der Waals surface area contributed by atoms with Crippen LogP contribution in [0.25, 0.3) is 38.9 Å². The van der Waals surface area contributed by atoms with Crippen molar-refractivity contribution < 1.29 is 24.9 Å². The van der Waals surface area contributed by atoms with Gasteiger partial charge in [-0.15, -0.1) is 0 Å². The fraction of sp³-hybridized carbons (Fsp3) is 0.206. The highest BCUT2D eigenvalue weighted by Gasteiger charge is 2.21. The van der Waals surface area contributed by atoms with Crippen LogP contribution < -0.4 is 11.0 Å². The highest BCUT2D eigenvalue weighted by Crippen LogP contribution is 2.37. The number of hydrogen-bond acceptors (Lipinski definition) is 7. The summed E-state index contributed by atoms with van der Waals surface area (Å²) < 4.78 is 3.14. The molecule has 3 aromatic carbocycles. The Bertz CT molecular complexity index is 2140. The number of carboxylic acids is 1. The number of phenolic OH excluding ortho intramolecular Hbond substituents is 2. The normalized spacial score (nSPS) is 11.1. The minimum atomic E-state index is -0.711. The second kappa shape index (κ2) is 13.0. The Labute approximate surface area is 263 Å². The molecule has 0 bridgehead atoms. The number of aromatic hydroxyl groups is 2. The number of carbonyl (C=O) groups is 2. The fourth-order valence-corrected chi connectivity index (χ4v) is 5.25. The lowest BCUT2D eigenvalue weighted by atomic mass is 9.98. The number of anilines is 1. The van der Waals surface area contributed by atoms with Crippen LogP contribution >= 0.6 is 0 Å². The molecule has 0 radical (unpaired) electrons. The number of benzene rings is 3. The smallest absolute Gasteiger partial charge is 0.348 e. The molecule has 6 aromatic rings. The molecule has 0 fully saturated rings. The van der Waals surface area contributed by atoms with Gasteiger partial charge < -0.3 is 25.2 Å². The molecule has 0 saturated carbocycles. The third kappa shape index (κ3) is 6.18. The van der Waals surface area contributed by atoms with E-state index in [-0.39, 0.29) is 29.1 Å². The molecule has 0 unspecified atom stereocenters. The number of aryl methyl sites for hydroxylation is 1. The summed E-state index contributed by atoms with van der Waals surface area (Å²) >= 11 is 0. The molecule has 12 nitrogen and oxygen atoms in total. The molecule has 1 amide bonds. The predicted octanol–water partition coefficient (Wildman–Crippen LogP) is 5.93. The molecule has 3 heterocycles. The van der Waals surface area contributed by atoms with Crippen LogP contribution in [-0.4, -0.2) is 51.5 Å². The number of pyridine rings is 1.